The first kappa shape index (κ1) is 10.4. The van der Waals surface area contributed by atoms with Gasteiger partial charge in [0.05, 0.1) is 5.69 Å². The van der Waals surface area contributed by atoms with Crippen molar-refractivity contribution in [2.75, 3.05) is 19.0 Å². The van der Waals surface area contributed by atoms with Crippen molar-refractivity contribution in [3.8, 4) is 11.3 Å². The van der Waals surface area contributed by atoms with Crippen LogP contribution in [-0.4, -0.2) is 23.5 Å². The number of benzene rings is 1. The third-order valence-electron chi connectivity index (χ3n) is 2.77. The number of thiazole rings is 1. The highest BCUT2D eigenvalue weighted by molar-refractivity contribution is 7.15. The standard InChI is InChI=1S/C13H13N3S/c1-15(2)11-5-3-10(4-6-11)12-9-16-7-8-17-13(16)14-12/h3-9H,1-2H3. The Morgan fingerprint density at radius 2 is 1.94 bits per heavy atom. The molecule has 3 rings (SSSR count). The molecule has 0 radical (unpaired) electrons. The SMILES string of the molecule is CN(C)c1ccc(-c2cn3ccsc3n2)cc1. The number of fused-ring (bicyclic) bond motifs is 1. The van der Waals surface area contributed by atoms with Gasteiger partial charge >= 0.3 is 0 Å². The van der Waals surface area contributed by atoms with Crippen LogP contribution in [0.2, 0.25) is 0 Å². The van der Waals surface area contributed by atoms with E-state index < -0.39 is 0 Å². The predicted molar refractivity (Wildman–Crippen MR) is 72.8 cm³/mol. The van der Waals surface area contributed by atoms with Crippen molar-refractivity contribution in [1.29, 1.82) is 0 Å². The van der Waals surface area contributed by atoms with Gasteiger partial charge in [-0.1, -0.05) is 12.1 Å². The van der Waals surface area contributed by atoms with Crippen LogP contribution in [0.1, 0.15) is 0 Å². The summed E-state index contributed by atoms with van der Waals surface area (Å²) >= 11 is 1.65. The number of aromatic nitrogens is 2. The molecule has 0 amide bonds. The maximum absolute atomic E-state index is 4.59. The van der Waals surface area contributed by atoms with Gasteiger partial charge in [-0.2, -0.15) is 0 Å². The van der Waals surface area contributed by atoms with Crippen LogP contribution in [0.15, 0.2) is 42.0 Å². The van der Waals surface area contributed by atoms with E-state index in [-0.39, 0.29) is 0 Å². The highest BCUT2D eigenvalue weighted by Crippen LogP contribution is 2.23. The second-order valence-corrected chi connectivity index (χ2v) is 5.03. The van der Waals surface area contributed by atoms with Gasteiger partial charge in [-0.3, -0.25) is 4.40 Å². The monoisotopic (exact) mass is 243 g/mol. The number of anilines is 1. The molecule has 0 aliphatic carbocycles. The van der Waals surface area contributed by atoms with Gasteiger partial charge in [0.2, 0.25) is 0 Å². The van der Waals surface area contributed by atoms with Crippen molar-refractivity contribution in [3.63, 3.8) is 0 Å². The molecular formula is C13H13N3S. The first-order valence-corrected chi connectivity index (χ1v) is 6.32. The molecular weight excluding hydrogens is 230 g/mol. The molecule has 0 saturated heterocycles. The molecule has 1 aromatic carbocycles. The summed E-state index contributed by atoms with van der Waals surface area (Å²) in [6.07, 6.45) is 4.10. The van der Waals surface area contributed by atoms with E-state index in [1.165, 1.54) is 5.69 Å². The molecule has 2 heterocycles. The largest absolute Gasteiger partial charge is 0.378 e. The maximum atomic E-state index is 4.59. The lowest BCUT2D eigenvalue weighted by atomic mass is 10.1. The van der Waals surface area contributed by atoms with E-state index in [0.29, 0.717) is 0 Å². The number of rotatable bonds is 2. The van der Waals surface area contributed by atoms with Gasteiger partial charge < -0.3 is 4.90 Å². The summed E-state index contributed by atoms with van der Waals surface area (Å²) in [6.45, 7) is 0. The van der Waals surface area contributed by atoms with Crippen LogP contribution in [-0.2, 0) is 0 Å². The fourth-order valence-electron chi connectivity index (χ4n) is 1.80. The number of hydrogen-bond acceptors (Lipinski definition) is 3. The van der Waals surface area contributed by atoms with E-state index in [4.69, 9.17) is 0 Å². The molecule has 4 heteroatoms. The Hall–Kier alpha value is -1.81. The lowest BCUT2D eigenvalue weighted by molar-refractivity contribution is 1.13. The van der Waals surface area contributed by atoms with Gasteiger partial charge in [-0.15, -0.1) is 11.3 Å². The van der Waals surface area contributed by atoms with Gasteiger partial charge in [0.15, 0.2) is 4.96 Å². The van der Waals surface area contributed by atoms with E-state index in [1.807, 2.05) is 25.7 Å². The van der Waals surface area contributed by atoms with Crippen molar-refractivity contribution >= 4 is 22.0 Å². The van der Waals surface area contributed by atoms with E-state index in [1.54, 1.807) is 11.3 Å². The summed E-state index contributed by atoms with van der Waals surface area (Å²) in [7, 11) is 4.09. The summed E-state index contributed by atoms with van der Waals surface area (Å²) in [5.74, 6) is 0. The third-order valence-corrected chi connectivity index (χ3v) is 3.54. The molecule has 86 valence electrons. The summed E-state index contributed by atoms with van der Waals surface area (Å²) < 4.78 is 2.06. The molecule has 3 nitrogen and oxygen atoms in total. The van der Waals surface area contributed by atoms with Gasteiger partial charge in [0, 0.05) is 43.1 Å². The minimum atomic E-state index is 1.03. The van der Waals surface area contributed by atoms with Crippen LogP contribution in [0.3, 0.4) is 0 Å². The fourth-order valence-corrected chi connectivity index (χ4v) is 2.50. The molecule has 0 atom stereocenters. The average molecular weight is 243 g/mol. The van der Waals surface area contributed by atoms with Crippen molar-refractivity contribution in [2.45, 2.75) is 0 Å². The zero-order valence-electron chi connectivity index (χ0n) is 9.79. The Morgan fingerprint density at radius 3 is 2.59 bits per heavy atom. The van der Waals surface area contributed by atoms with Crippen molar-refractivity contribution in [3.05, 3.63) is 42.0 Å². The number of hydrogen-bond donors (Lipinski definition) is 0. The fraction of sp³-hybridized carbons (Fsp3) is 0.154. The number of nitrogens with zero attached hydrogens (tertiary/aromatic N) is 3. The molecule has 0 spiro atoms. The second kappa shape index (κ2) is 3.89. The Bertz CT molecular complexity index is 606. The predicted octanol–water partition coefficient (Wildman–Crippen LogP) is 3.13. The normalized spacial score (nSPS) is 10.9. The third kappa shape index (κ3) is 1.80. The van der Waals surface area contributed by atoms with E-state index >= 15 is 0 Å². The van der Waals surface area contributed by atoms with Gasteiger partial charge in [0.1, 0.15) is 0 Å². The molecule has 2 aromatic heterocycles. The highest BCUT2D eigenvalue weighted by atomic mass is 32.1. The summed E-state index contributed by atoms with van der Waals surface area (Å²) in [5, 5.41) is 2.04. The topological polar surface area (TPSA) is 20.5 Å². The lowest BCUT2D eigenvalue weighted by Gasteiger charge is -2.12. The zero-order valence-corrected chi connectivity index (χ0v) is 10.6. The second-order valence-electron chi connectivity index (χ2n) is 4.16. The molecule has 0 bridgehead atoms. The van der Waals surface area contributed by atoms with E-state index in [2.05, 4.69) is 44.7 Å². The van der Waals surface area contributed by atoms with Crippen molar-refractivity contribution in [2.24, 2.45) is 0 Å². The maximum Gasteiger partial charge on any atom is 0.194 e. The minimum Gasteiger partial charge on any atom is -0.378 e. The van der Waals surface area contributed by atoms with Gasteiger partial charge in [0.25, 0.3) is 0 Å². The van der Waals surface area contributed by atoms with Crippen molar-refractivity contribution in [1.82, 2.24) is 9.38 Å². The van der Waals surface area contributed by atoms with Crippen LogP contribution >= 0.6 is 11.3 Å². The minimum absolute atomic E-state index is 1.03. The Morgan fingerprint density at radius 1 is 1.18 bits per heavy atom. The smallest absolute Gasteiger partial charge is 0.194 e. The van der Waals surface area contributed by atoms with E-state index in [9.17, 15) is 0 Å². The first-order chi connectivity index (χ1) is 8.24. The molecule has 0 unspecified atom stereocenters. The van der Waals surface area contributed by atoms with Crippen LogP contribution in [0.5, 0.6) is 0 Å². The van der Waals surface area contributed by atoms with Crippen LogP contribution < -0.4 is 4.90 Å². The average Bonchev–Trinajstić information content (AvgIpc) is 2.89. The molecule has 0 aliphatic heterocycles. The quantitative estimate of drug-likeness (QED) is 0.689. The van der Waals surface area contributed by atoms with Crippen LogP contribution in [0.25, 0.3) is 16.2 Å². The molecule has 3 aromatic rings. The Labute approximate surface area is 104 Å². The molecule has 0 N–H and O–H groups in total. The summed E-state index contributed by atoms with van der Waals surface area (Å²) in [5.41, 5.74) is 3.39. The summed E-state index contributed by atoms with van der Waals surface area (Å²) in [6, 6.07) is 8.45. The van der Waals surface area contributed by atoms with Gasteiger partial charge in [-0.05, 0) is 12.1 Å². The van der Waals surface area contributed by atoms with Gasteiger partial charge in [-0.25, -0.2) is 4.98 Å². The highest BCUT2D eigenvalue weighted by Gasteiger charge is 2.05. The van der Waals surface area contributed by atoms with E-state index in [0.717, 1.165) is 16.2 Å². The Kier molecular flexibility index (Phi) is 2.37. The Balaban J connectivity index is 2.01. The first-order valence-electron chi connectivity index (χ1n) is 5.44. The van der Waals surface area contributed by atoms with Crippen LogP contribution in [0, 0.1) is 0 Å². The van der Waals surface area contributed by atoms with Crippen molar-refractivity contribution < 1.29 is 0 Å². The zero-order chi connectivity index (χ0) is 11.8. The molecule has 0 fully saturated rings. The molecule has 0 saturated carbocycles. The molecule has 0 aliphatic rings. The summed E-state index contributed by atoms with van der Waals surface area (Å²) in [4.78, 5) is 7.72. The lowest BCUT2D eigenvalue weighted by Crippen LogP contribution is -2.07. The number of imidazole rings is 1. The molecule has 17 heavy (non-hydrogen) atoms. The van der Waals surface area contributed by atoms with Crippen LogP contribution in [0.4, 0.5) is 5.69 Å².